The number of rotatable bonds is 4. The number of primary sulfonamides is 1. The first-order valence-electron chi connectivity index (χ1n) is 5.31. The van der Waals surface area contributed by atoms with E-state index in [1.807, 2.05) is 5.32 Å². The number of nitrogens with two attached hydrogens (primary N) is 2. The van der Waals surface area contributed by atoms with Gasteiger partial charge in [-0.3, -0.25) is 10.1 Å². The molecular formula is C10H11Cl2N3O5S. The molecule has 0 saturated carbocycles. The van der Waals surface area contributed by atoms with Crippen LogP contribution in [-0.2, 0) is 14.8 Å². The highest BCUT2D eigenvalue weighted by Crippen LogP contribution is 2.36. The maximum absolute atomic E-state index is 11.5. The van der Waals surface area contributed by atoms with Gasteiger partial charge in [0, 0.05) is 0 Å². The molecule has 0 saturated heterocycles. The fraction of sp³-hybridized carbons (Fsp3) is 0.200. The molecule has 1 aromatic rings. The normalized spacial score (nSPS) is 12.6. The molecule has 0 aliphatic rings. The van der Waals surface area contributed by atoms with E-state index in [-0.39, 0.29) is 20.7 Å². The molecule has 0 radical (unpaired) electrons. The molecule has 0 fully saturated rings. The van der Waals surface area contributed by atoms with E-state index < -0.39 is 28.1 Å². The Bertz CT molecular complexity index is 692. The van der Waals surface area contributed by atoms with Crippen molar-refractivity contribution in [3.05, 3.63) is 22.2 Å². The molecule has 11 heteroatoms. The Labute approximate surface area is 130 Å². The van der Waals surface area contributed by atoms with Crippen LogP contribution in [0, 0.1) is 0 Å². The van der Waals surface area contributed by atoms with E-state index >= 15 is 0 Å². The Morgan fingerprint density at radius 3 is 2.33 bits per heavy atom. The highest BCUT2D eigenvalue weighted by Gasteiger charge is 2.22. The van der Waals surface area contributed by atoms with Crippen molar-refractivity contribution in [2.24, 2.45) is 10.9 Å². The lowest BCUT2D eigenvalue weighted by Gasteiger charge is -2.15. The number of carbonyl (C=O) groups is 2. The molecule has 116 valence electrons. The quantitative estimate of drug-likeness (QED) is 0.724. The van der Waals surface area contributed by atoms with Crippen LogP contribution in [0.25, 0.3) is 0 Å². The molecular weight excluding hydrogens is 345 g/mol. The predicted octanol–water partition coefficient (Wildman–Crippen LogP) is 0.603. The van der Waals surface area contributed by atoms with E-state index in [1.165, 1.54) is 13.0 Å². The minimum atomic E-state index is -4.05. The van der Waals surface area contributed by atoms with Crippen LogP contribution >= 0.6 is 23.2 Å². The number of hydrogen-bond donors (Lipinski definition) is 3. The number of ether oxygens (including phenoxy) is 1. The first-order chi connectivity index (χ1) is 9.54. The van der Waals surface area contributed by atoms with Crippen LogP contribution in [0.3, 0.4) is 0 Å². The molecule has 0 heterocycles. The van der Waals surface area contributed by atoms with Gasteiger partial charge in [-0.2, -0.15) is 0 Å². The van der Waals surface area contributed by atoms with Gasteiger partial charge in [-0.15, -0.1) is 0 Å². The third-order valence-electron chi connectivity index (χ3n) is 2.24. The van der Waals surface area contributed by atoms with Gasteiger partial charge >= 0.3 is 6.03 Å². The summed E-state index contributed by atoms with van der Waals surface area (Å²) in [5, 5.41) is 6.20. The maximum Gasteiger partial charge on any atom is 0.318 e. The summed E-state index contributed by atoms with van der Waals surface area (Å²) in [7, 11) is -4.05. The number of nitrogens with one attached hydrogen (secondary N) is 1. The van der Waals surface area contributed by atoms with E-state index in [0.717, 1.165) is 6.07 Å². The second-order valence-corrected chi connectivity index (χ2v) is 6.13. The van der Waals surface area contributed by atoms with Crippen LogP contribution in [0.2, 0.25) is 10.0 Å². The molecule has 0 bridgehead atoms. The van der Waals surface area contributed by atoms with E-state index in [0.29, 0.717) is 0 Å². The van der Waals surface area contributed by atoms with Crippen LogP contribution in [-0.4, -0.2) is 26.5 Å². The number of imide groups is 1. The second kappa shape index (κ2) is 6.48. The van der Waals surface area contributed by atoms with Crippen molar-refractivity contribution in [3.8, 4) is 5.75 Å². The Morgan fingerprint density at radius 1 is 1.29 bits per heavy atom. The summed E-state index contributed by atoms with van der Waals surface area (Å²) in [6, 6.07) is 1.23. The van der Waals surface area contributed by atoms with Gasteiger partial charge in [0.1, 0.15) is 15.7 Å². The fourth-order valence-electron chi connectivity index (χ4n) is 1.29. The van der Waals surface area contributed by atoms with Crippen molar-refractivity contribution in [2.45, 2.75) is 17.9 Å². The molecule has 5 N–H and O–H groups in total. The van der Waals surface area contributed by atoms with Crippen molar-refractivity contribution in [1.82, 2.24) is 5.32 Å². The van der Waals surface area contributed by atoms with Gasteiger partial charge in [-0.1, -0.05) is 23.2 Å². The van der Waals surface area contributed by atoms with Gasteiger partial charge < -0.3 is 10.5 Å². The average Bonchev–Trinajstić information content (AvgIpc) is 2.32. The van der Waals surface area contributed by atoms with Gasteiger partial charge in [0.15, 0.2) is 6.10 Å². The molecule has 0 spiro atoms. The SMILES string of the molecule is CC(Oc1ccc(S(N)(=O)=O)c(Cl)c1Cl)C(=O)NC(N)=O. The zero-order valence-electron chi connectivity index (χ0n) is 10.6. The third kappa shape index (κ3) is 4.46. The van der Waals surface area contributed by atoms with E-state index in [9.17, 15) is 18.0 Å². The lowest BCUT2D eigenvalue weighted by atomic mass is 10.3. The molecule has 0 aromatic heterocycles. The second-order valence-electron chi connectivity index (χ2n) is 3.85. The molecule has 1 unspecified atom stereocenters. The predicted molar refractivity (Wildman–Crippen MR) is 75.7 cm³/mol. The summed E-state index contributed by atoms with van der Waals surface area (Å²) in [6.45, 7) is 1.33. The summed E-state index contributed by atoms with van der Waals surface area (Å²) in [5.41, 5.74) is 4.79. The Morgan fingerprint density at radius 2 is 1.86 bits per heavy atom. The number of carbonyl (C=O) groups excluding carboxylic acids is 2. The number of benzene rings is 1. The molecule has 0 aliphatic heterocycles. The van der Waals surface area contributed by atoms with Gasteiger partial charge in [-0.25, -0.2) is 18.4 Å². The molecule has 1 atom stereocenters. The van der Waals surface area contributed by atoms with Crippen molar-refractivity contribution in [3.63, 3.8) is 0 Å². The highest BCUT2D eigenvalue weighted by molar-refractivity contribution is 7.89. The third-order valence-corrected chi connectivity index (χ3v) is 4.17. The summed E-state index contributed by atoms with van der Waals surface area (Å²) in [6.07, 6.45) is -1.12. The molecule has 8 nitrogen and oxygen atoms in total. The summed E-state index contributed by atoms with van der Waals surface area (Å²) < 4.78 is 27.7. The first-order valence-corrected chi connectivity index (χ1v) is 7.62. The minimum Gasteiger partial charge on any atom is -0.479 e. The number of halogens is 2. The lowest BCUT2D eigenvalue weighted by Crippen LogP contribution is -2.42. The molecule has 1 aromatic carbocycles. The summed E-state index contributed by atoms with van der Waals surface area (Å²) >= 11 is 11.6. The largest absolute Gasteiger partial charge is 0.479 e. The topological polar surface area (TPSA) is 142 Å². The number of urea groups is 1. The monoisotopic (exact) mass is 355 g/mol. The number of amides is 3. The van der Waals surface area contributed by atoms with Crippen molar-refractivity contribution >= 4 is 45.2 Å². The van der Waals surface area contributed by atoms with Crippen LogP contribution < -0.4 is 20.9 Å². The van der Waals surface area contributed by atoms with Crippen LogP contribution in [0.5, 0.6) is 5.75 Å². The minimum absolute atomic E-state index is 0.0545. The van der Waals surface area contributed by atoms with Crippen molar-refractivity contribution in [1.29, 1.82) is 0 Å². The Balaban J connectivity index is 3.04. The Kier molecular flexibility index (Phi) is 5.40. The van der Waals surface area contributed by atoms with E-state index in [4.69, 9.17) is 38.8 Å². The average molecular weight is 356 g/mol. The molecule has 1 rings (SSSR count). The zero-order chi connectivity index (χ0) is 16.4. The van der Waals surface area contributed by atoms with Crippen LogP contribution in [0.15, 0.2) is 17.0 Å². The van der Waals surface area contributed by atoms with Crippen molar-refractivity contribution < 1.29 is 22.7 Å². The molecule has 0 aliphatic carbocycles. The van der Waals surface area contributed by atoms with Gasteiger partial charge in [0.25, 0.3) is 5.91 Å². The number of hydrogen-bond acceptors (Lipinski definition) is 5. The lowest BCUT2D eigenvalue weighted by molar-refractivity contribution is -0.126. The number of primary amides is 1. The summed E-state index contributed by atoms with van der Waals surface area (Å²) in [5.74, 6) is -0.855. The van der Waals surface area contributed by atoms with Crippen molar-refractivity contribution in [2.75, 3.05) is 0 Å². The highest BCUT2D eigenvalue weighted by atomic mass is 35.5. The van der Waals surface area contributed by atoms with Crippen LogP contribution in [0.4, 0.5) is 4.79 Å². The van der Waals surface area contributed by atoms with E-state index in [2.05, 4.69) is 0 Å². The van der Waals surface area contributed by atoms with Crippen LogP contribution in [0.1, 0.15) is 6.92 Å². The number of sulfonamides is 1. The zero-order valence-corrected chi connectivity index (χ0v) is 12.9. The van der Waals surface area contributed by atoms with E-state index in [1.54, 1.807) is 0 Å². The van der Waals surface area contributed by atoms with Gasteiger partial charge in [0.2, 0.25) is 10.0 Å². The maximum atomic E-state index is 11.5. The van der Waals surface area contributed by atoms with Gasteiger partial charge in [-0.05, 0) is 19.1 Å². The standard InChI is InChI=1S/C10H11Cl2N3O5S/c1-4(9(16)15-10(13)17)20-5-2-3-6(21(14,18)19)8(12)7(5)11/h2-4H,1H3,(H2,14,18,19)(H3,13,15,16,17). The summed E-state index contributed by atoms with van der Waals surface area (Å²) in [4.78, 5) is 21.6. The smallest absolute Gasteiger partial charge is 0.318 e. The Hall–Kier alpha value is -1.55. The van der Waals surface area contributed by atoms with Gasteiger partial charge in [0.05, 0.1) is 5.02 Å². The molecule has 3 amide bonds. The fourth-order valence-corrected chi connectivity index (χ4v) is 2.65. The first kappa shape index (κ1) is 17.5. The molecule has 21 heavy (non-hydrogen) atoms.